The van der Waals surface area contributed by atoms with E-state index in [4.69, 9.17) is 9.65 Å². The molecule has 1 amide bonds. The molecule has 0 aliphatic heterocycles. The van der Waals surface area contributed by atoms with E-state index in [1.165, 1.54) is 17.8 Å². The van der Waals surface area contributed by atoms with Crippen LogP contribution in [0.5, 0.6) is 0 Å². The first-order chi connectivity index (χ1) is 27.6. The highest BCUT2D eigenvalue weighted by molar-refractivity contribution is 7.92. The van der Waals surface area contributed by atoms with Gasteiger partial charge in [-0.2, -0.15) is 23.5 Å². The van der Waals surface area contributed by atoms with Gasteiger partial charge in [-0.25, -0.2) is 13.4 Å². The van der Waals surface area contributed by atoms with Crippen molar-refractivity contribution < 1.29 is 26.2 Å². The van der Waals surface area contributed by atoms with Crippen LogP contribution in [0.4, 0.5) is 28.6 Å². The summed E-state index contributed by atoms with van der Waals surface area (Å²) in [5.41, 5.74) is 2.35. The summed E-state index contributed by atoms with van der Waals surface area (Å²) in [5, 5.41) is 27.2. The molecule has 324 valence electrons. The average Bonchev–Trinajstić information content (AvgIpc) is 3.48. The molecule has 60 heavy (non-hydrogen) atoms. The smallest absolute Gasteiger partial charge is 0.264 e. The number of anilines is 3. The van der Waals surface area contributed by atoms with Crippen LogP contribution >= 0.6 is 0 Å². The van der Waals surface area contributed by atoms with Gasteiger partial charge in [-0.15, -0.1) is 10.2 Å². The van der Waals surface area contributed by atoms with E-state index in [1.807, 2.05) is 51.7 Å². The minimum absolute atomic E-state index is 0.00472. The molecule has 0 fully saturated rings. The molecule has 15 nitrogen and oxygen atoms in total. The molecule has 0 spiro atoms. The number of rotatable bonds is 16. The second-order valence-corrected chi connectivity index (χ2v) is 21.5. The normalized spacial score (nSPS) is 12.8. The van der Waals surface area contributed by atoms with E-state index in [9.17, 15) is 26.9 Å². The third-order valence-corrected chi connectivity index (χ3v) is 12.0. The van der Waals surface area contributed by atoms with Crippen molar-refractivity contribution in [2.24, 2.45) is 15.6 Å². The van der Waals surface area contributed by atoms with Crippen LogP contribution in [0.15, 0.2) is 69.9 Å². The Hall–Kier alpha value is -5.18. The molecule has 2 aromatic carbocycles. The summed E-state index contributed by atoms with van der Waals surface area (Å²) in [4.78, 5) is 19.1. The van der Waals surface area contributed by atoms with Crippen LogP contribution in [0.1, 0.15) is 118 Å². The van der Waals surface area contributed by atoms with Crippen LogP contribution in [0, 0.1) is 23.7 Å². The molecule has 0 saturated heterocycles. The fourth-order valence-corrected chi connectivity index (χ4v) is 9.20. The Morgan fingerprint density at radius 3 is 2.23 bits per heavy atom. The van der Waals surface area contributed by atoms with Gasteiger partial charge in [0.15, 0.2) is 11.6 Å². The van der Waals surface area contributed by atoms with Gasteiger partial charge in [0.25, 0.3) is 20.1 Å². The highest BCUT2D eigenvalue weighted by atomic mass is 32.2. The molecule has 0 atom stereocenters. The second kappa shape index (κ2) is 18.2. The zero-order valence-corrected chi connectivity index (χ0v) is 38.4. The van der Waals surface area contributed by atoms with Crippen LogP contribution in [-0.4, -0.2) is 60.4 Å². The minimum atomic E-state index is -4.19. The van der Waals surface area contributed by atoms with Gasteiger partial charge in [-0.1, -0.05) is 67.5 Å². The third kappa shape index (κ3) is 12.2. The lowest BCUT2D eigenvalue weighted by molar-refractivity contribution is -0.114. The van der Waals surface area contributed by atoms with E-state index in [2.05, 4.69) is 65.9 Å². The first-order valence-corrected chi connectivity index (χ1v) is 22.9. The Kier molecular flexibility index (Phi) is 14.4. The van der Waals surface area contributed by atoms with Gasteiger partial charge in [0.1, 0.15) is 17.3 Å². The van der Waals surface area contributed by atoms with Crippen molar-refractivity contribution in [1.82, 2.24) is 14.8 Å². The Labute approximate surface area is 355 Å². The number of sulfonamides is 1. The second-order valence-electron chi connectivity index (χ2n) is 18.3. The predicted molar refractivity (Wildman–Crippen MR) is 237 cm³/mol. The molecular weight excluding hydrogens is 803 g/mol. The monoisotopic (exact) mass is 861 g/mol. The first kappa shape index (κ1) is 47.5. The van der Waals surface area contributed by atoms with E-state index >= 15 is 0 Å². The van der Waals surface area contributed by atoms with Gasteiger partial charge in [0.2, 0.25) is 5.91 Å². The van der Waals surface area contributed by atoms with E-state index in [0.717, 1.165) is 17.7 Å². The molecule has 4 aromatic rings. The maximum atomic E-state index is 14.3. The van der Waals surface area contributed by atoms with E-state index < -0.39 is 25.6 Å². The molecule has 0 bridgehead atoms. The van der Waals surface area contributed by atoms with Crippen molar-refractivity contribution in [3.63, 3.8) is 0 Å². The Morgan fingerprint density at radius 2 is 1.65 bits per heavy atom. The summed E-state index contributed by atoms with van der Waals surface area (Å²) in [6.45, 7) is 23.9. The van der Waals surface area contributed by atoms with Crippen molar-refractivity contribution in [3.8, 4) is 11.9 Å². The topological polar surface area (TPSA) is 212 Å². The molecule has 0 radical (unpaired) electrons. The number of aryl methyl sites for hydroxylation is 1. The number of benzene rings is 2. The number of hydrogen-bond acceptors (Lipinski definition) is 11. The maximum Gasteiger partial charge on any atom is 0.264 e. The van der Waals surface area contributed by atoms with Crippen LogP contribution in [0.25, 0.3) is 5.82 Å². The molecule has 4 rings (SSSR count). The SMILES string of the molecule is CC(=O)Nc1cc(N(CCCCS(=O)(=O)O)C(C)C)ccc1N=Nc1c(C#N)c(C(C)(C)C)nn1-c1ncccc1NS(=O)(=O)c1cc(C(C)(C)CC(C)(C)C)ccc1C. The van der Waals surface area contributed by atoms with Crippen molar-refractivity contribution >= 4 is 54.6 Å². The lowest BCUT2D eigenvalue weighted by atomic mass is 9.72. The number of carbonyl (C=O) groups excluding carboxylic acids is 1. The Balaban J connectivity index is 1.83. The molecule has 2 heterocycles. The number of hydrogen-bond donors (Lipinski definition) is 3. The van der Waals surface area contributed by atoms with E-state index in [0.29, 0.717) is 29.9 Å². The largest absolute Gasteiger partial charge is 0.369 e. The number of nitrogens with zero attached hydrogens (tertiary/aromatic N) is 7. The molecule has 3 N–H and O–H groups in total. The predicted octanol–water partition coefficient (Wildman–Crippen LogP) is 9.52. The molecule has 0 aliphatic carbocycles. The minimum Gasteiger partial charge on any atom is -0.369 e. The Bertz CT molecular complexity index is 2510. The average molecular weight is 862 g/mol. The number of unbranched alkanes of at least 4 members (excludes halogenated alkanes) is 1. The summed E-state index contributed by atoms with van der Waals surface area (Å²) in [6.07, 6.45) is 3.06. The third-order valence-electron chi connectivity index (χ3n) is 9.70. The number of aromatic nitrogens is 3. The van der Waals surface area contributed by atoms with Crippen LogP contribution in [0.3, 0.4) is 0 Å². The van der Waals surface area contributed by atoms with Crippen molar-refractivity contribution in [1.29, 1.82) is 5.26 Å². The fourth-order valence-electron chi connectivity index (χ4n) is 7.29. The maximum absolute atomic E-state index is 14.3. The zero-order chi connectivity index (χ0) is 45.0. The zero-order valence-electron chi connectivity index (χ0n) is 36.7. The highest BCUT2D eigenvalue weighted by Crippen LogP contribution is 2.40. The molecule has 0 saturated carbocycles. The number of nitriles is 1. The summed E-state index contributed by atoms with van der Waals surface area (Å²) in [6, 6.07) is 16.1. The Morgan fingerprint density at radius 1 is 0.967 bits per heavy atom. The van der Waals surface area contributed by atoms with E-state index in [-0.39, 0.29) is 68.4 Å². The molecular formula is C43H59N9O6S2. The number of amides is 1. The van der Waals surface area contributed by atoms with Crippen LogP contribution in [-0.2, 0) is 35.8 Å². The molecule has 0 aliphatic rings. The standard InChI is InChI=1S/C43H59N9O6S2/c1-28(2)51(22-13-14-23-59(54,55)56)32-19-20-34(36(25-32)46-30(4)53)47-48-39-33(26-44)38(42(8,9)10)49-52(39)40-35(16-15-21-45-40)50-60(57,58)37-24-31(18-17-29(37)3)43(11,12)27-41(5,6)7/h15-21,24-25,28,50H,13-14,22-23,27H2,1-12H3,(H,46,53)(H,54,55,56). The number of nitrogens with one attached hydrogen (secondary N) is 2. The number of azo groups is 1. The highest BCUT2D eigenvalue weighted by Gasteiger charge is 2.32. The number of pyridine rings is 1. The van der Waals surface area contributed by atoms with Gasteiger partial charge < -0.3 is 10.2 Å². The quantitative estimate of drug-likeness (QED) is 0.0551. The van der Waals surface area contributed by atoms with Crippen molar-refractivity contribution in [2.75, 3.05) is 27.2 Å². The molecule has 0 unspecified atom stereocenters. The lowest BCUT2D eigenvalue weighted by Crippen LogP contribution is -2.32. The summed E-state index contributed by atoms with van der Waals surface area (Å²) >= 11 is 0. The summed E-state index contributed by atoms with van der Waals surface area (Å²) < 4.78 is 64.3. The molecule has 2 aromatic heterocycles. The molecule has 17 heteroatoms. The van der Waals surface area contributed by atoms with Crippen LogP contribution < -0.4 is 14.9 Å². The first-order valence-electron chi connectivity index (χ1n) is 19.8. The van der Waals surface area contributed by atoms with Gasteiger partial charge in [0, 0.05) is 36.8 Å². The van der Waals surface area contributed by atoms with Gasteiger partial charge in [-0.3, -0.25) is 14.1 Å². The number of carbonyl (C=O) groups is 1. The van der Waals surface area contributed by atoms with Gasteiger partial charge in [-0.05, 0) is 98.4 Å². The van der Waals surface area contributed by atoms with Crippen LogP contribution in [0.2, 0.25) is 0 Å². The summed E-state index contributed by atoms with van der Waals surface area (Å²) in [5.74, 6) is -0.662. The van der Waals surface area contributed by atoms with Gasteiger partial charge in [0.05, 0.1) is 27.7 Å². The lowest BCUT2D eigenvalue weighted by Gasteiger charge is -2.33. The fraction of sp³-hybridized carbons (Fsp3) is 0.488. The van der Waals surface area contributed by atoms with E-state index in [1.54, 1.807) is 43.3 Å². The van der Waals surface area contributed by atoms with Crippen molar-refractivity contribution in [2.45, 2.75) is 124 Å². The van der Waals surface area contributed by atoms with Crippen molar-refractivity contribution in [3.05, 3.63) is 77.1 Å². The summed E-state index contributed by atoms with van der Waals surface area (Å²) in [7, 11) is -8.27. The van der Waals surface area contributed by atoms with Gasteiger partial charge >= 0.3 is 0 Å².